The van der Waals surface area contributed by atoms with Crippen LogP contribution in [0.2, 0.25) is 0 Å². The second-order valence-corrected chi connectivity index (χ2v) is 6.48. The van der Waals surface area contributed by atoms with Gasteiger partial charge in [0.1, 0.15) is 0 Å². The molecule has 3 rings (SSSR count). The van der Waals surface area contributed by atoms with E-state index in [-0.39, 0.29) is 5.56 Å². The van der Waals surface area contributed by atoms with Gasteiger partial charge >= 0.3 is 0 Å². The zero-order valence-corrected chi connectivity index (χ0v) is 12.2. The molecule has 94 valence electrons. The molecule has 0 aliphatic heterocycles. The van der Waals surface area contributed by atoms with Gasteiger partial charge in [0.05, 0.1) is 5.69 Å². The summed E-state index contributed by atoms with van der Waals surface area (Å²) in [4.78, 5) is 13.0. The quantitative estimate of drug-likeness (QED) is 0.922. The number of fused-ring (bicyclic) bond motifs is 1. The predicted molar refractivity (Wildman–Crippen MR) is 76.3 cm³/mol. The highest BCUT2D eigenvalue weighted by molar-refractivity contribution is 9.10. The smallest absolute Gasteiger partial charge is 0.267 e. The molecular weight excluding hydrogens is 312 g/mol. The Morgan fingerprint density at radius 2 is 2.11 bits per heavy atom. The molecule has 0 amide bonds. The maximum atomic E-state index is 11.7. The number of nitrogens with zero attached hydrogens (tertiary/aromatic N) is 1. The Morgan fingerprint density at radius 3 is 2.83 bits per heavy atom. The minimum Gasteiger partial charge on any atom is -0.268 e. The third kappa shape index (κ3) is 2.29. The molecule has 0 spiro atoms. The van der Waals surface area contributed by atoms with Crippen LogP contribution in [0.15, 0.2) is 20.7 Å². The van der Waals surface area contributed by atoms with Crippen LogP contribution < -0.4 is 5.56 Å². The van der Waals surface area contributed by atoms with Crippen molar-refractivity contribution in [1.82, 2.24) is 10.2 Å². The van der Waals surface area contributed by atoms with Crippen LogP contribution in [0.1, 0.15) is 34.5 Å². The van der Waals surface area contributed by atoms with Crippen molar-refractivity contribution in [3.63, 3.8) is 0 Å². The number of rotatable bonds is 2. The Labute approximate surface area is 117 Å². The van der Waals surface area contributed by atoms with Gasteiger partial charge in [-0.05, 0) is 53.2 Å². The van der Waals surface area contributed by atoms with Gasteiger partial charge in [0.15, 0.2) is 0 Å². The fourth-order valence-electron chi connectivity index (χ4n) is 2.49. The maximum Gasteiger partial charge on any atom is 0.267 e. The Bertz CT molecular complexity index is 632. The molecule has 0 atom stereocenters. The topological polar surface area (TPSA) is 45.8 Å². The number of nitrogens with one attached hydrogen (secondary N) is 1. The van der Waals surface area contributed by atoms with Crippen molar-refractivity contribution < 1.29 is 0 Å². The molecule has 0 saturated carbocycles. The van der Waals surface area contributed by atoms with Crippen LogP contribution in [0.5, 0.6) is 0 Å². The van der Waals surface area contributed by atoms with E-state index in [2.05, 4.69) is 37.6 Å². The molecule has 0 radical (unpaired) electrons. The molecule has 2 aromatic rings. The van der Waals surface area contributed by atoms with Crippen LogP contribution in [0.4, 0.5) is 0 Å². The first-order chi connectivity index (χ1) is 8.74. The van der Waals surface area contributed by atoms with Crippen LogP contribution in [0, 0.1) is 0 Å². The molecule has 0 saturated heterocycles. The van der Waals surface area contributed by atoms with Crippen LogP contribution in [0.25, 0.3) is 0 Å². The van der Waals surface area contributed by atoms with Gasteiger partial charge in [-0.15, -0.1) is 11.3 Å². The van der Waals surface area contributed by atoms with Gasteiger partial charge in [-0.1, -0.05) is 0 Å². The highest BCUT2D eigenvalue weighted by Gasteiger charge is 2.18. The zero-order valence-electron chi connectivity index (χ0n) is 9.83. The van der Waals surface area contributed by atoms with Crippen LogP contribution in [0.3, 0.4) is 0 Å². The molecule has 0 aromatic carbocycles. The van der Waals surface area contributed by atoms with Crippen LogP contribution in [-0.4, -0.2) is 10.2 Å². The first-order valence-electron chi connectivity index (χ1n) is 6.06. The summed E-state index contributed by atoms with van der Waals surface area (Å²) < 4.78 is 1.11. The molecule has 0 fully saturated rings. The van der Waals surface area contributed by atoms with E-state index < -0.39 is 0 Å². The van der Waals surface area contributed by atoms with Gasteiger partial charge in [-0.25, -0.2) is 5.10 Å². The molecule has 0 unspecified atom stereocenters. The summed E-state index contributed by atoms with van der Waals surface area (Å²) in [6, 6.07) is 2.12. The average molecular weight is 325 g/mol. The van der Waals surface area contributed by atoms with E-state index in [0.717, 1.165) is 41.4 Å². The summed E-state index contributed by atoms with van der Waals surface area (Å²) in [5, 5.41) is 8.97. The summed E-state index contributed by atoms with van der Waals surface area (Å²) in [5.74, 6) is 0. The van der Waals surface area contributed by atoms with E-state index in [0.29, 0.717) is 0 Å². The van der Waals surface area contributed by atoms with Crippen molar-refractivity contribution in [3.8, 4) is 0 Å². The van der Waals surface area contributed by atoms with Crippen molar-refractivity contribution in [2.24, 2.45) is 0 Å². The second-order valence-electron chi connectivity index (χ2n) is 4.57. The molecule has 0 bridgehead atoms. The van der Waals surface area contributed by atoms with Gasteiger partial charge in [0, 0.05) is 26.7 Å². The lowest BCUT2D eigenvalue weighted by atomic mass is 9.91. The lowest BCUT2D eigenvalue weighted by molar-refractivity contribution is 0.656. The molecular formula is C13H13BrN2OS. The van der Waals surface area contributed by atoms with Gasteiger partial charge in [0.25, 0.3) is 5.56 Å². The third-order valence-electron chi connectivity index (χ3n) is 3.35. The number of hydrogen-bond acceptors (Lipinski definition) is 3. The summed E-state index contributed by atoms with van der Waals surface area (Å²) in [5.41, 5.74) is 3.19. The average Bonchev–Trinajstić information content (AvgIpc) is 2.79. The molecule has 2 aromatic heterocycles. The normalized spacial score (nSPS) is 14.5. The molecule has 1 aliphatic rings. The van der Waals surface area contributed by atoms with Crippen molar-refractivity contribution in [1.29, 1.82) is 0 Å². The van der Waals surface area contributed by atoms with Crippen molar-refractivity contribution >= 4 is 27.3 Å². The number of aromatic nitrogens is 2. The SMILES string of the molecule is O=c1[nH]nc(Cc2cc(Br)cs2)c2c1CCCC2. The second kappa shape index (κ2) is 4.97. The highest BCUT2D eigenvalue weighted by atomic mass is 79.9. The lowest BCUT2D eigenvalue weighted by Gasteiger charge is -2.16. The van der Waals surface area contributed by atoms with Gasteiger partial charge in [-0.3, -0.25) is 4.79 Å². The summed E-state index contributed by atoms with van der Waals surface area (Å²) in [6.45, 7) is 0. The Morgan fingerprint density at radius 1 is 1.33 bits per heavy atom. The zero-order chi connectivity index (χ0) is 12.5. The Kier molecular flexibility index (Phi) is 3.35. The molecule has 2 heterocycles. The Hall–Kier alpha value is -0.940. The maximum absolute atomic E-state index is 11.7. The van der Waals surface area contributed by atoms with E-state index in [1.54, 1.807) is 11.3 Å². The van der Waals surface area contributed by atoms with E-state index in [4.69, 9.17) is 0 Å². The molecule has 3 nitrogen and oxygen atoms in total. The fourth-order valence-corrected chi connectivity index (χ4v) is 3.94. The van der Waals surface area contributed by atoms with E-state index >= 15 is 0 Å². The monoisotopic (exact) mass is 324 g/mol. The highest BCUT2D eigenvalue weighted by Crippen LogP contribution is 2.25. The van der Waals surface area contributed by atoms with Crippen LogP contribution in [-0.2, 0) is 19.3 Å². The molecule has 1 aliphatic carbocycles. The standard InChI is InChI=1S/C13H13BrN2OS/c14-8-5-9(18-7-8)6-12-10-3-1-2-4-11(10)13(17)16-15-12/h5,7H,1-4,6H2,(H,16,17). The largest absolute Gasteiger partial charge is 0.268 e. The first kappa shape index (κ1) is 12.1. The predicted octanol–water partition coefficient (Wildman–Crippen LogP) is 3.06. The molecule has 1 N–H and O–H groups in total. The van der Waals surface area contributed by atoms with E-state index in [1.165, 1.54) is 16.9 Å². The number of aromatic amines is 1. The van der Waals surface area contributed by atoms with Crippen molar-refractivity contribution in [2.75, 3.05) is 0 Å². The van der Waals surface area contributed by atoms with E-state index in [9.17, 15) is 4.79 Å². The fraction of sp³-hybridized carbons (Fsp3) is 0.385. The van der Waals surface area contributed by atoms with Crippen molar-refractivity contribution in [2.45, 2.75) is 32.1 Å². The van der Waals surface area contributed by atoms with Crippen molar-refractivity contribution in [3.05, 3.63) is 48.0 Å². The molecule has 5 heteroatoms. The summed E-state index contributed by atoms with van der Waals surface area (Å²) in [7, 11) is 0. The third-order valence-corrected chi connectivity index (χ3v) is 5.04. The summed E-state index contributed by atoms with van der Waals surface area (Å²) >= 11 is 5.18. The van der Waals surface area contributed by atoms with Crippen LogP contribution >= 0.6 is 27.3 Å². The van der Waals surface area contributed by atoms with Gasteiger partial charge < -0.3 is 0 Å². The van der Waals surface area contributed by atoms with E-state index in [1.807, 2.05) is 0 Å². The number of H-pyrrole nitrogens is 1. The number of hydrogen-bond donors (Lipinski definition) is 1. The molecule has 18 heavy (non-hydrogen) atoms. The summed E-state index contributed by atoms with van der Waals surface area (Å²) in [6.07, 6.45) is 4.99. The number of thiophene rings is 1. The lowest BCUT2D eigenvalue weighted by Crippen LogP contribution is -2.22. The number of halogens is 1. The van der Waals surface area contributed by atoms with Gasteiger partial charge in [0.2, 0.25) is 0 Å². The first-order valence-corrected chi connectivity index (χ1v) is 7.73. The Balaban J connectivity index is 1.99. The minimum absolute atomic E-state index is 0.000750. The van der Waals surface area contributed by atoms with Gasteiger partial charge in [-0.2, -0.15) is 5.10 Å². The minimum atomic E-state index is 0.000750.